The van der Waals surface area contributed by atoms with Crippen LogP contribution in [-0.4, -0.2) is 33.5 Å². The number of benzene rings is 2. The van der Waals surface area contributed by atoms with Crippen LogP contribution in [0.25, 0.3) is 0 Å². The maximum atomic E-state index is 12.6. The Bertz CT molecular complexity index is 1100. The molecule has 1 atom stereocenters. The molecule has 1 unspecified atom stereocenters. The number of ether oxygens (including phenoxy) is 2. The largest absolute Gasteiger partial charge is 0.493 e. The average molecular weight is 469 g/mol. The van der Waals surface area contributed by atoms with Crippen molar-refractivity contribution in [3.05, 3.63) is 59.4 Å². The molecule has 3 rings (SSSR count). The Morgan fingerprint density at radius 2 is 1.82 bits per heavy atom. The quantitative estimate of drug-likeness (QED) is 0.400. The van der Waals surface area contributed by atoms with Crippen LogP contribution in [0, 0.1) is 19.8 Å². The number of rotatable bonds is 10. The van der Waals surface area contributed by atoms with E-state index in [1.165, 1.54) is 11.8 Å². The number of amides is 1. The van der Waals surface area contributed by atoms with Gasteiger partial charge in [-0.05, 0) is 56.0 Å². The molecule has 0 aliphatic rings. The second-order valence-corrected chi connectivity index (χ2v) is 9.35. The third-order valence-electron chi connectivity index (χ3n) is 5.03. The Kier molecular flexibility index (Phi) is 8.38. The highest BCUT2D eigenvalue weighted by Gasteiger charge is 2.22. The molecule has 2 aromatic carbocycles. The summed E-state index contributed by atoms with van der Waals surface area (Å²) in [4.78, 5) is 12.6. The first-order chi connectivity index (χ1) is 15.8. The predicted molar refractivity (Wildman–Crippen MR) is 132 cm³/mol. The molecule has 3 aromatic rings. The van der Waals surface area contributed by atoms with Crippen LogP contribution in [0.15, 0.2) is 47.6 Å². The number of nitrogens with one attached hydrogen (secondary N) is 1. The molecule has 1 N–H and O–H groups in total. The van der Waals surface area contributed by atoms with Crippen LogP contribution >= 0.6 is 11.8 Å². The molecule has 0 aliphatic carbocycles. The number of carbonyl (C=O) groups is 1. The third kappa shape index (κ3) is 6.51. The molecule has 0 saturated carbocycles. The molecule has 0 spiro atoms. The molecular weight excluding hydrogens is 436 g/mol. The van der Waals surface area contributed by atoms with Gasteiger partial charge in [0.2, 0.25) is 5.91 Å². The van der Waals surface area contributed by atoms with Crippen molar-refractivity contribution in [2.75, 3.05) is 18.2 Å². The van der Waals surface area contributed by atoms with Crippen LogP contribution in [0.1, 0.15) is 43.8 Å². The van der Waals surface area contributed by atoms with Crippen molar-refractivity contribution in [1.82, 2.24) is 14.8 Å². The fraction of sp³-hybridized carbons (Fsp3) is 0.400. The summed E-state index contributed by atoms with van der Waals surface area (Å²) >= 11 is 1.38. The Morgan fingerprint density at radius 3 is 2.52 bits per heavy atom. The molecule has 0 fully saturated rings. The normalized spacial score (nSPS) is 12.0. The van der Waals surface area contributed by atoms with Crippen LogP contribution in [-0.2, 0) is 11.3 Å². The minimum absolute atomic E-state index is 0.0762. The number of aryl methyl sites for hydroxylation is 2. The monoisotopic (exact) mass is 468 g/mol. The zero-order valence-corrected chi connectivity index (χ0v) is 20.9. The maximum Gasteiger partial charge on any atom is 0.234 e. The Labute approximate surface area is 199 Å². The van der Waals surface area contributed by atoms with Crippen molar-refractivity contribution in [1.29, 1.82) is 0 Å². The van der Waals surface area contributed by atoms with Gasteiger partial charge in [-0.3, -0.25) is 4.79 Å². The van der Waals surface area contributed by atoms with E-state index in [1.807, 2.05) is 67.8 Å². The second kappa shape index (κ2) is 11.2. The van der Waals surface area contributed by atoms with Crippen molar-refractivity contribution in [2.24, 2.45) is 5.92 Å². The minimum atomic E-state index is -0.342. The van der Waals surface area contributed by atoms with E-state index in [9.17, 15) is 4.79 Å². The average Bonchev–Trinajstić information content (AvgIpc) is 3.17. The van der Waals surface area contributed by atoms with Crippen molar-refractivity contribution < 1.29 is 14.3 Å². The Balaban J connectivity index is 1.73. The highest BCUT2D eigenvalue weighted by atomic mass is 32.2. The first kappa shape index (κ1) is 24.6. The van der Waals surface area contributed by atoms with Gasteiger partial charge in [-0.1, -0.05) is 49.9 Å². The Morgan fingerprint density at radius 1 is 1.09 bits per heavy atom. The summed E-state index contributed by atoms with van der Waals surface area (Å²) in [7, 11) is 1.62. The van der Waals surface area contributed by atoms with Crippen LogP contribution < -0.4 is 14.8 Å². The minimum Gasteiger partial charge on any atom is -0.493 e. The van der Waals surface area contributed by atoms with E-state index in [0.29, 0.717) is 28.4 Å². The van der Waals surface area contributed by atoms with Crippen LogP contribution in [0.4, 0.5) is 5.69 Å². The topological polar surface area (TPSA) is 78.3 Å². The molecule has 0 bridgehead atoms. The van der Waals surface area contributed by atoms with Crippen molar-refractivity contribution in [3.8, 4) is 11.5 Å². The van der Waals surface area contributed by atoms with Gasteiger partial charge in [0.15, 0.2) is 28.6 Å². The summed E-state index contributed by atoms with van der Waals surface area (Å²) in [5.74, 6) is 2.57. The standard InChI is InChI=1S/C25H32N4O3S/c1-16(2)14-29-24(19(5)32-22-10-8-7-9-21(22)31-6)27-28-25(29)33-15-23(30)26-20-13-17(3)11-12-18(20)4/h7-13,16,19H,14-15H2,1-6H3,(H,26,30). The van der Waals surface area contributed by atoms with E-state index in [1.54, 1.807) is 7.11 Å². The second-order valence-electron chi connectivity index (χ2n) is 8.41. The molecule has 7 nitrogen and oxygen atoms in total. The van der Waals surface area contributed by atoms with Crippen molar-refractivity contribution >= 4 is 23.4 Å². The van der Waals surface area contributed by atoms with E-state index in [4.69, 9.17) is 9.47 Å². The van der Waals surface area contributed by atoms with Crippen molar-refractivity contribution in [3.63, 3.8) is 0 Å². The number of aromatic nitrogens is 3. The highest BCUT2D eigenvalue weighted by Crippen LogP contribution is 2.31. The molecule has 176 valence electrons. The van der Waals surface area contributed by atoms with E-state index < -0.39 is 0 Å². The van der Waals surface area contributed by atoms with E-state index in [-0.39, 0.29) is 17.8 Å². The fourth-order valence-corrected chi connectivity index (χ4v) is 4.15. The number of nitrogens with zero attached hydrogens (tertiary/aromatic N) is 3. The number of thioether (sulfide) groups is 1. The van der Waals surface area contributed by atoms with E-state index in [2.05, 4.69) is 29.4 Å². The maximum absolute atomic E-state index is 12.6. The van der Waals surface area contributed by atoms with Gasteiger partial charge in [0.05, 0.1) is 12.9 Å². The lowest BCUT2D eigenvalue weighted by Gasteiger charge is -2.19. The van der Waals surface area contributed by atoms with Gasteiger partial charge >= 0.3 is 0 Å². The summed E-state index contributed by atoms with van der Waals surface area (Å²) in [5, 5.41) is 12.5. The number of para-hydroxylation sites is 2. The van der Waals surface area contributed by atoms with Crippen LogP contribution in [0.2, 0.25) is 0 Å². The smallest absolute Gasteiger partial charge is 0.234 e. The molecule has 1 aromatic heterocycles. The number of methoxy groups -OCH3 is 1. The first-order valence-corrected chi connectivity index (χ1v) is 12.0. The summed E-state index contributed by atoms with van der Waals surface area (Å²) in [6.45, 7) is 10.9. The Hall–Kier alpha value is -3.00. The fourth-order valence-electron chi connectivity index (χ4n) is 3.39. The van der Waals surface area contributed by atoms with Gasteiger partial charge in [0.1, 0.15) is 0 Å². The summed E-state index contributed by atoms with van der Waals surface area (Å²) in [5.41, 5.74) is 2.98. The molecule has 1 amide bonds. The zero-order valence-electron chi connectivity index (χ0n) is 20.1. The van der Waals surface area contributed by atoms with Gasteiger partial charge < -0.3 is 19.4 Å². The number of hydrogen-bond donors (Lipinski definition) is 1. The van der Waals surface area contributed by atoms with Gasteiger partial charge in [0, 0.05) is 12.2 Å². The highest BCUT2D eigenvalue weighted by molar-refractivity contribution is 7.99. The van der Waals surface area contributed by atoms with Crippen LogP contribution in [0.5, 0.6) is 11.5 Å². The predicted octanol–water partition coefficient (Wildman–Crippen LogP) is 5.43. The lowest BCUT2D eigenvalue weighted by Crippen LogP contribution is -2.17. The third-order valence-corrected chi connectivity index (χ3v) is 6.00. The lowest BCUT2D eigenvalue weighted by atomic mass is 10.1. The molecule has 0 aliphatic heterocycles. The van der Waals surface area contributed by atoms with E-state index in [0.717, 1.165) is 23.4 Å². The molecule has 33 heavy (non-hydrogen) atoms. The van der Waals surface area contributed by atoms with Crippen LogP contribution in [0.3, 0.4) is 0 Å². The van der Waals surface area contributed by atoms with Gasteiger partial charge in [-0.2, -0.15) is 0 Å². The molecule has 1 heterocycles. The number of hydrogen-bond acceptors (Lipinski definition) is 6. The number of carbonyl (C=O) groups excluding carboxylic acids is 1. The summed E-state index contributed by atoms with van der Waals surface area (Å²) in [6.07, 6.45) is -0.342. The van der Waals surface area contributed by atoms with E-state index >= 15 is 0 Å². The lowest BCUT2D eigenvalue weighted by molar-refractivity contribution is -0.113. The van der Waals surface area contributed by atoms with Gasteiger partial charge in [0.25, 0.3) is 0 Å². The molecule has 0 saturated heterocycles. The van der Waals surface area contributed by atoms with Gasteiger partial charge in [-0.15, -0.1) is 10.2 Å². The number of anilines is 1. The molecular formula is C25H32N4O3S. The SMILES string of the molecule is COc1ccccc1OC(C)c1nnc(SCC(=O)Nc2cc(C)ccc2C)n1CC(C)C. The summed E-state index contributed by atoms with van der Waals surface area (Å²) in [6, 6.07) is 13.5. The molecule has 0 radical (unpaired) electrons. The van der Waals surface area contributed by atoms with Crippen molar-refractivity contribution in [2.45, 2.75) is 52.4 Å². The first-order valence-electron chi connectivity index (χ1n) is 11.0. The molecule has 8 heteroatoms. The summed E-state index contributed by atoms with van der Waals surface area (Å²) < 4.78 is 13.6. The van der Waals surface area contributed by atoms with Gasteiger partial charge in [-0.25, -0.2) is 0 Å². The zero-order chi connectivity index (χ0) is 24.0.